The van der Waals surface area contributed by atoms with Gasteiger partial charge in [0.05, 0.1) is 13.1 Å². The summed E-state index contributed by atoms with van der Waals surface area (Å²) < 4.78 is 0. The van der Waals surface area contributed by atoms with Crippen LogP contribution < -0.4 is 10.2 Å². The molecule has 96 valence electrons. The standard InChI is InChI=1S/C12H13ClN2O3/c1-7-8(13)3-2-4-10(7)15-6-9(12(17)18)14-5-11(15)16/h2-4,9,14H,5-6H2,1H3,(H,17,18). The van der Waals surface area contributed by atoms with E-state index in [4.69, 9.17) is 16.7 Å². The first kappa shape index (κ1) is 12.9. The molecule has 2 rings (SSSR count). The van der Waals surface area contributed by atoms with E-state index in [9.17, 15) is 9.59 Å². The number of carbonyl (C=O) groups is 2. The number of carboxylic acid groups (broad SMARTS) is 1. The normalized spacial score (nSPS) is 20.0. The van der Waals surface area contributed by atoms with Crippen molar-refractivity contribution < 1.29 is 14.7 Å². The molecule has 0 spiro atoms. The molecule has 1 aliphatic heterocycles. The average Bonchev–Trinajstić information content (AvgIpc) is 2.33. The van der Waals surface area contributed by atoms with Crippen molar-refractivity contribution in [1.82, 2.24) is 5.32 Å². The number of rotatable bonds is 2. The largest absolute Gasteiger partial charge is 0.480 e. The van der Waals surface area contributed by atoms with Gasteiger partial charge in [-0.25, -0.2) is 0 Å². The third-order valence-corrected chi connectivity index (χ3v) is 3.40. The predicted octanol–water partition coefficient (Wildman–Crippen LogP) is 1.04. The van der Waals surface area contributed by atoms with Gasteiger partial charge in [-0.2, -0.15) is 0 Å². The maximum atomic E-state index is 11.9. The molecule has 1 aliphatic rings. The summed E-state index contributed by atoms with van der Waals surface area (Å²) in [5, 5.41) is 12.2. The van der Waals surface area contributed by atoms with Crippen LogP contribution in [-0.2, 0) is 9.59 Å². The van der Waals surface area contributed by atoms with E-state index in [1.165, 1.54) is 4.90 Å². The first-order valence-corrected chi connectivity index (χ1v) is 5.90. The third-order valence-electron chi connectivity index (χ3n) is 2.99. The van der Waals surface area contributed by atoms with E-state index in [1.54, 1.807) is 18.2 Å². The predicted molar refractivity (Wildman–Crippen MR) is 68.0 cm³/mol. The summed E-state index contributed by atoms with van der Waals surface area (Å²) in [5.41, 5.74) is 1.44. The Balaban J connectivity index is 2.33. The van der Waals surface area contributed by atoms with E-state index < -0.39 is 12.0 Å². The van der Waals surface area contributed by atoms with Crippen molar-refractivity contribution in [3.05, 3.63) is 28.8 Å². The number of hydrogen-bond acceptors (Lipinski definition) is 3. The lowest BCUT2D eigenvalue weighted by atomic mass is 10.1. The van der Waals surface area contributed by atoms with Gasteiger partial charge in [-0.15, -0.1) is 0 Å². The molecule has 0 bridgehead atoms. The van der Waals surface area contributed by atoms with Gasteiger partial charge in [-0.05, 0) is 24.6 Å². The molecule has 1 heterocycles. The molecule has 6 heteroatoms. The highest BCUT2D eigenvalue weighted by atomic mass is 35.5. The monoisotopic (exact) mass is 268 g/mol. The first-order valence-electron chi connectivity index (χ1n) is 5.52. The van der Waals surface area contributed by atoms with Gasteiger partial charge in [0.2, 0.25) is 5.91 Å². The number of nitrogens with zero attached hydrogens (tertiary/aromatic N) is 1. The number of amides is 1. The fourth-order valence-electron chi connectivity index (χ4n) is 1.94. The molecule has 0 aromatic heterocycles. The molecule has 0 saturated carbocycles. The van der Waals surface area contributed by atoms with Gasteiger partial charge >= 0.3 is 5.97 Å². The van der Waals surface area contributed by atoms with Crippen LogP contribution in [0, 0.1) is 6.92 Å². The zero-order valence-corrected chi connectivity index (χ0v) is 10.6. The summed E-state index contributed by atoms with van der Waals surface area (Å²) in [7, 11) is 0. The molecule has 1 aromatic rings. The minimum Gasteiger partial charge on any atom is -0.480 e. The van der Waals surface area contributed by atoms with Crippen LogP contribution in [0.5, 0.6) is 0 Å². The van der Waals surface area contributed by atoms with E-state index in [2.05, 4.69) is 5.32 Å². The van der Waals surface area contributed by atoms with Crippen molar-refractivity contribution in [3.63, 3.8) is 0 Å². The molecule has 1 atom stereocenters. The molecular formula is C12H13ClN2O3. The summed E-state index contributed by atoms with van der Waals surface area (Å²) in [4.78, 5) is 24.3. The Kier molecular flexibility index (Phi) is 3.54. The maximum absolute atomic E-state index is 11.9. The highest BCUT2D eigenvalue weighted by Gasteiger charge is 2.31. The highest BCUT2D eigenvalue weighted by molar-refractivity contribution is 6.31. The number of halogens is 1. The number of aliphatic carboxylic acids is 1. The molecule has 0 radical (unpaired) electrons. The number of piperazine rings is 1. The van der Waals surface area contributed by atoms with Crippen LogP contribution in [-0.4, -0.2) is 36.1 Å². The van der Waals surface area contributed by atoms with Crippen LogP contribution in [0.1, 0.15) is 5.56 Å². The minimum absolute atomic E-state index is 0.0168. The first-order chi connectivity index (χ1) is 8.50. The lowest BCUT2D eigenvalue weighted by Gasteiger charge is -2.32. The van der Waals surface area contributed by atoms with Crippen LogP contribution >= 0.6 is 11.6 Å². The Morgan fingerprint density at radius 3 is 2.94 bits per heavy atom. The summed E-state index contributed by atoms with van der Waals surface area (Å²) in [5.74, 6) is -1.12. The van der Waals surface area contributed by atoms with Crippen molar-refractivity contribution in [1.29, 1.82) is 0 Å². The number of hydrogen-bond donors (Lipinski definition) is 2. The van der Waals surface area contributed by atoms with Gasteiger partial charge < -0.3 is 10.0 Å². The number of carbonyl (C=O) groups excluding carboxylic acids is 1. The summed E-state index contributed by atoms with van der Waals surface area (Å²) >= 11 is 6.01. The molecule has 18 heavy (non-hydrogen) atoms. The van der Waals surface area contributed by atoms with Crippen LogP contribution in [0.25, 0.3) is 0 Å². The lowest BCUT2D eigenvalue weighted by Crippen LogP contribution is -2.57. The molecule has 1 saturated heterocycles. The van der Waals surface area contributed by atoms with E-state index in [0.29, 0.717) is 10.7 Å². The Morgan fingerprint density at radius 2 is 2.28 bits per heavy atom. The van der Waals surface area contributed by atoms with Gasteiger partial charge in [-0.1, -0.05) is 17.7 Å². The second-order valence-electron chi connectivity index (χ2n) is 4.16. The molecule has 1 fully saturated rings. The quantitative estimate of drug-likeness (QED) is 0.841. The molecule has 1 unspecified atom stereocenters. The van der Waals surface area contributed by atoms with Gasteiger partial charge in [0.15, 0.2) is 0 Å². The van der Waals surface area contributed by atoms with Gasteiger partial charge in [0.25, 0.3) is 0 Å². The average molecular weight is 269 g/mol. The van der Waals surface area contributed by atoms with Crippen molar-refractivity contribution in [2.24, 2.45) is 0 Å². The summed E-state index contributed by atoms with van der Waals surface area (Å²) in [6.45, 7) is 1.93. The number of benzene rings is 1. The fraction of sp³-hybridized carbons (Fsp3) is 0.333. The van der Waals surface area contributed by atoms with Crippen molar-refractivity contribution in [2.75, 3.05) is 18.0 Å². The summed E-state index contributed by atoms with van der Waals surface area (Å²) in [6, 6.07) is 4.50. The Labute approximate surface area is 109 Å². The van der Waals surface area contributed by atoms with E-state index >= 15 is 0 Å². The minimum atomic E-state index is -0.966. The van der Waals surface area contributed by atoms with Gasteiger partial charge in [0, 0.05) is 10.7 Å². The van der Waals surface area contributed by atoms with Crippen LogP contribution in [0.4, 0.5) is 5.69 Å². The molecule has 1 aromatic carbocycles. The van der Waals surface area contributed by atoms with E-state index in [0.717, 1.165) is 5.56 Å². The lowest BCUT2D eigenvalue weighted by molar-refractivity contribution is -0.139. The molecule has 2 N–H and O–H groups in total. The van der Waals surface area contributed by atoms with Crippen molar-refractivity contribution >= 4 is 29.2 Å². The topological polar surface area (TPSA) is 69.6 Å². The van der Waals surface area contributed by atoms with Gasteiger partial charge in [-0.3, -0.25) is 14.9 Å². The molecule has 1 amide bonds. The van der Waals surface area contributed by atoms with E-state index in [1.807, 2.05) is 6.92 Å². The molecule has 5 nitrogen and oxygen atoms in total. The second kappa shape index (κ2) is 4.96. The van der Waals surface area contributed by atoms with Crippen LogP contribution in [0.2, 0.25) is 5.02 Å². The smallest absolute Gasteiger partial charge is 0.322 e. The number of anilines is 1. The Bertz CT molecular complexity index is 504. The third kappa shape index (κ3) is 2.32. The van der Waals surface area contributed by atoms with Crippen molar-refractivity contribution in [3.8, 4) is 0 Å². The van der Waals surface area contributed by atoms with Crippen LogP contribution in [0.3, 0.4) is 0 Å². The Hall–Kier alpha value is -1.59. The highest BCUT2D eigenvalue weighted by Crippen LogP contribution is 2.27. The zero-order chi connectivity index (χ0) is 13.3. The number of carboxylic acids is 1. The molecule has 0 aliphatic carbocycles. The van der Waals surface area contributed by atoms with Gasteiger partial charge in [0.1, 0.15) is 6.04 Å². The summed E-state index contributed by atoms with van der Waals surface area (Å²) in [6.07, 6.45) is 0. The Morgan fingerprint density at radius 1 is 1.56 bits per heavy atom. The SMILES string of the molecule is Cc1c(Cl)cccc1N1CC(C(=O)O)NCC1=O. The molecular weight excluding hydrogens is 256 g/mol. The maximum Gasteiger partial charge on any atom is 0.322 e. The van der Waals surface area contributed by atoms with Crippen LogP contribution in [0.15, 0.2) is 18.2 Å². The number of nitrogens with one attached hydrogen (secondary N) is 1. The second-order valence-corrected chi connectivity index (χ2v) is 4.57. The van der Waals surface area contributed by atoms with E-state index in [-0.39, 0.29) is 19.0 Å². The fourth-order valence-corrected chi connectivity index (χ4v) is 2.11. The zero-order valence-electron chi connectivity index (χ0n) is 9.81. The van der Waals surface area contributed by atoms with Crippen molar-refractivity contribution in [2.45, 2.75) is 13.0 Å².